The van der Waals surface area contributed by atoms with Gasteiger partial charge in [-0.15, -0.1) is 0 Å². The first kappa shape index (κ1) is 8.55. The minimum Gasteiger partial charge on any atom is -0.393 e. The van der Waals surface area contributed by atoms with Gasteiger partial charge in [0.25, 0.3) is 0 Å². The van der Waals surface area contributed by atoms with Crippen molar-refractivity contribution in [3.8, 4) is 0 Å². The molecule has 1 heteroatoms. The molecule has 2 aliphatic carbocycles. The summed E-state index contributed by atoms with van der Waals surface area (Å²) in [6.07, 6.45) is 2.52. The van der Waals surface area contributed by atoms with Crippen molar-refractivity contribution in [3.63, 3.8) is 0 Å². The number of aliphatic hydroxyl groups excluding tert-OH is 1. The fourth-order valence-corrected chi connectivity index (χ4v) is 3.41. The second kappa shape index (κ2) is 2.06. The molecule has 0 amide bonds. The Morgan fingerprint density at radius 3 is 2.17 bits per heavy atom. The summed E-state index contributed by atoms with van der Waals surface area (Å²) in [5.41, 5.74) is 0.903. The molecule has 0 aliphatic heterocycles. The molecular weight excluding hydrogens is 148 g/mol. The van der Waals surface area contributed by atoms with Gasteiger partial charge in [-0.3, -0.25) is 0 Å². The molecular formula is C11H20O. The van der Waals surface area contributed by atoms with Gasteiger partial charge in [-0.25, -0.2) is 0 Å². The predicted octanol–water partition coefficient (Wildman–Crippen LogP) is 2.44. The molecule has 1 nitrogen and oxygen atoms in total. The summed E-state index contributed by atoms with van der Waals surface area (Å²) < 4.78 is 0. The van der Waals surface area contributed by atoms with E-state index in [1.807, 2.05) is 6.92 Å². The van der Waals surface area contributed by atoms with E-state index in [-0.39, 0.29) is 6.10 Å². The van der Waals surface area contributed by atoms with Gasteiger partial charge in [0.05, 0.1) is 6.10 Å². The fourth-order valence-electron chi connectivity index (χ4n) is 3.41. The molecule has 2 saturated carbocycles. The highest BCUT2D eigenvalue weighted by Gasteiger charge is 2.67. The standard InChI is InChI=1S/C11H20O/c1-7(12)9-5-8-6-11(8,4)10(9,2)3/h7-9,12H,5-6H2,1-4H3/t7?,8?,9-,11?/m0/s1. The molecule has 2 aliphatic rings. The monoisotopic (exact) mass is 168 g/mol. The highest BCUT2D eigenvalue weighted by atomic mass is 16.3. The highest BCUT2D eigenvalue weighted by molar-refractivity contribution is 5.16. The predicted molar refractivity (Wildman–Crippen MR) is 49.8 cm³/mol. The van der Waals surface area contributed by atoms with Crippen LogP contribution in [-0.4, -0.2) is 11.2 Å². The van der Waals surface area contributed by atoms with Crippen molar-refractivity contribution in [1.29, 1.82) is 0 Å². The topological polar surface area (TPSA) is 20.2 Å². The van der Waals surface area contributed by atoms with E-state index in [1.54, 1.807) is 0 Å². The Bertz CT molecular complexity index is 207. The molecule has 4 atom stereocenters. The molecule has 0 aromatic heterocycles. The second-order valence-electron chi connectivity index (χ2n) is 5.62. The first-order chi connectivity index (χ1) is 5.39. The van der Waals surface area contributed by atoms with Gasteiger partial charge in [0.2, 0.25) is 0 Å². The Morgan fingerprint density at radius 2 is 1.92 bits per heavy atom. The van der Waals surface area contributed by atoms with Crippen LogP contribution in [0.25, 0.3) is 0 Å². The summed E-state index contributed by atoms with van der Waals surface area (Å²) in [5, 5.41) is 9.64. The molecule has 1 N–H and O–H groups in total. The minimum absolute atomic E-state index is 0.121. The third-order valence-electron chi connectivity index (χ3n) is 4.93. The van der Waals surface area contributed by atoms with Crippen molar-refractivity contribution in [3.05, 3.63) is 0 Å². The Balaban J connectivity index is 2.23. The van der Waals surface area contributed by atoms with Crippen LogP contribution in [0.4, 0.5) is 0 Å². The molecule has 0 saturated heterocycles. The molecule has 12 heavy (non-hydrogen) atoms. The van der Waals surface area contributed by atoms with Crippen LogP contribution in [0.2, 0.25) is 0 Å². The van der Waals surface area contributed by atoms with E-state index in [2.05, 4.69) is 20.8 Å². The maximum atomic E-state index is 9.64. The van der Waals surface area contributed by atoms with E-state index in [0.29, 0.717) is 16.7 Å². The van der Waals surface area contributed by atoms with Crippen LogP contribution in [-0.2, 0) is 0 Å². The van der Waals surface area contributed by atoms with Gasteiger partial charge < -0.3 is 5.11 Å². The van der Waals surface area contributed by atoms with Crippen molar-refractivity contribution < 1.29 is 5.11 Å². The van der Waals surface area contributed by atoms with Crippen molar-refractivity contribution >= 4 is 0 Å². The van der Waals surface area contributed by atoms with Gasteiger partial charge in [0.1, 0.15) is 0 Å². The molecule has 0 heterocycles. The van der Waals surface area contributed by atoms with Gasteiger partial charge in [-0.2, -0.15) is 0 Å². The number of hydrogen-bond donors (Lipinski definition) is 1. The lowest BCUT2D eigenvalue weighted by molar-refractivity contribution is 0.0312. The first-order valence-corrected chi connectivity index (χ1v) is 5.07. The molecule has 3 unspecified atom stereocenters. The molecule has 2 fully saturated rings. The average Bonchev–Trinajstić information content (AvgIpc) is 2.52. The van der Waals surface area contributed by atoms with Crippen LogP contribution in [0.15, 0.2) is 0 Å². The molecule has 0 bridgehead atoms. The van der Waals surface area contributed by atoms with Gasteiger partial charge >= 0.3 is 0 Å². The van der Waals surface area contributed by atoms with E-state index in [1.165, 1.54) is 12.8 Å². The van der Waals surface area contributed by atoms with Crippen LogP contribution in [0.1, 0.15) is 40.5 Å². The quantitative estimate of drug-likeness (QED) is 0.637. The number of aliphatic hydroxyl groups is 1. The molecule has 0 aromatic rings. The van der Waals surface area contributed by atoms with Crippen molar-refractivity contribution in [2.45, 2.75) is 46.6 Å². The lowest BCUT2D eigenvalue weighted by Crippen LogP contribution is -2.34. The van der Waals surface area contributed by atoms with Gasteiger partial charge in [0.15, 0.2) is 0 Å². The zero-order valence-electron chi connectivity index (χ0n) is 8.59. The van der Waals surface area contributed by atoms with Crippen molar-refractivity contribution in [2.24, 2.45) is 22.7 Å². The second-order valence-corrected chi connectivity index (χ2v) is 5.62. The molecule has 0 spiro atoms. The molecule has 70 valence electrons. The zero-order valence-corrected chi connectivity index (χ0v) is 8.59. The maximum Gasteiger partial charge on any atom is 0.0545 e. The minimum atomic E-state index is -0.121. The average molecular weight is 168 g/mol. The summed E-state index contributed by atoms with van der Waals surface area (Å²) >= 11 is 0. The third-order valence-corrected chi connectivity index (χ3v) is 4.93. The first-order valence-electron chi connectivity index (χ1n) is 5.07. The van der Waals surface area contributed by atoms with Crippen LogP contribution in [0.5, 0.6) is 0 Å². The van der Waals surface area contributed by atoms with E-state index >= 15 is 0 Å². The van der Waals surface area contributed by atoms with E-state index in [9.17, 15) is 5.11 Å². The Hall–Kier alpha value is -0.0400. The Kier molecular flexibility index (Phi) is 1.47. The summed E-state index contributed by atoms with van der Waals surface area (Å²) in [6, 6.07) is 0. The third kappa shape index (κ3) is 0.783. The smallest absolute Gasteiger partial charge is 0.0545 e. The van der Waals surface area contributed by atoms with Crippen LogP contribution in [0, 0.1) is 22.7 Å². The normalized spacial score (nSPS) is 51.8. The zero-order chi connectivity index (χ0) is 9.15. The fraction of sp³-hybridized carbons (Fsp3) is 1.00. The number of rotatable bonds is 1. The Morgan fingerprint density at radius 1 is 1.33 bits per heavy atom. The Labute approximate surface area is 75.2 Å². The molecule has 2 rings (SSSR count). The van der Waals surface area contributed by atoms with E-state index in [0.717, 1.165) is 5.92 Å². The van der Waals surface area contributed by atoms with Gasteiger partial charge in [-0.1, -0.05) is 20.8 Å². The summed E-state index contributed by atoms with van der Waals surface area (Å²) in [6.45, 7) is 9.00. The summed E-state index contributed by atoms with van der Waals surface area (Å²) in [5.74, 6) is 1.44. The number of fused-ring (bicyclic) bond motifs is 1. The van der Waals surface area contributed by atoms with E-state index < -0.39 is 0 Å². The van der Waals surface area contributed by atoms with Crippen LogP contribution in [0.3, 0.4) is 0 Å². The lowest BCUT2D eigenvalue weighted by Gasteiger charge is -2.37. The highest BCUT2D eigenvalue weighted by Crippen LogP contribution is 2.74. The van der Waals surface area contributed by atoms with Crippen LogP contribution >= 0.6 is 0 Å². The summed E-state index contributed by atoms with van der Waals surface area (Å²) in [7, 11) is 0. The summed E-state index contributed by atoms with van der Waals surface area (Å²) in [4.78, 5) is 0. The van der Waals surface area contributed by atoms with Gasteiger partial charge in [-0.05, 0) is 42.4 Å². The van der Waals surface area contributed by atoms with Gasteiger partial charge in [0, 0.05) is 0 Å². The molecule has 0 aromatic carbocycles. The van der Waals surface area contributed by atoms with Crippen LogP contribution < -0.4 is 0 Å². The molecule has 0 radical (unpaired) electrons. The SMILES string of the molecule is CC(O)[C@@H]1CC2CC2(C)C1(C)C. The van der Waals surface area contributed by atoms with Crippen molar-refractivity contribution in [2.75, 3.05) is 0 Å². The lowest BCUT2D eigenvalue weighted by atomic mass is 9.69. The number of hydrogen-bond acceptors (Lipinski definition) is 1. The van der Waals surface area contributed by atoms with Crippen molar-refractivity contribution in [1.82, 2.24) is 0 Å². The van der Waals surface area contributed by atoms with E-state index in [4.69, 9.17) is 0 Å². The largest absolute Gasteiger partial charge is 0.393 e. The maximum absolute atomic E-state index is 9.64.